The van der Waals surface area contributed by atoms with E-state index in [9.17, 15) is 4.79 Å². The normalized spacial score (nSPS) is 17.3. The number of halogens is 2. The third-order valence-electron chi connectivity index (χ3n) is 5.06. The molecule has 4 nitrogen and oxygen atoms in total. The highest BCUT2D eigenvalue weighted by molar-refractivity contribution is 9.10. The first-order valence-electron chi connectivity index (χ1n) is 9.13. The van der Waals surface area contributed by atoms with Crippen LogP contribution >= 0.6 is 27.5 Å². The number of nitrogens with one attached hydrogen (secondary N) is 2. The molecule has 0 saturated carbocycles. The Hall–Kier alpha value is -1.40. The van der Waals surface area contributed by atoms with Crippen molar-refractivity contribution < 1.29 is 9.53 Å². The van der Waals surface area contributed by atoms with Gasteiger partial charge in [0.25, 0.3) is 0 Å². The summed E-state index contributed by atoms with van der Waals surface area (Å²) in [6.45, 7) is 3.53. The van der Waals surface area contributed by atoms with E-state index in [1.165, 1.54) is 5.56 Å². The van der Waals surface area contributed by atoms with E-state index in [-0.39, 0.29) is 24.0 Å². The second-order valence-corrected chi connectivity index (χ2v) is 8.19. The van der Waals surface area contributed by atoms with E-state index in [0.717, 1.165) is 22.9 Å². The predicted molar refractivity (Wildman–Crippen MR) is 112 cm³/mol. The average molecular weight is 452 g/mol. The van der Waals surface area contributed by atoms with Gasteiger partial charge in [0.15, 0.2) is 0 Å². The van der Waals surface area contributed by atoms with E-state index in [2.05, 4.69) is 38.7 Å². The zero-order chi connectivity index (χ0) is 19.3. The van der Waals surface area contributed by atoms with E-state index in [1.54, 1.807) is 0 Å². The van der Waals surface area contributed by atoms with Gasteiger partial charge in [-0.2, -0.15) is 0 Å². The Balaban J connectivity index is 1.67. The van der Waals surface area contributed by atoms with Crippen molar-refractivity contribution in [2.24, 2.45) is 0 Å². The molecule has 6 heteroatoms. The lowest BCUT2D eigenvalue weighted by atomic mass is 9.82. The van der Waals surface area contributed by atoms with Gasteiger partial charge in [0, 0.05) is 28.2 Å². The largest absolute Gasteiger partial charge is 0.381 e. The third kappa shape index (κ3) is 5.11. The molecule has 0 bridgehead atoms. The molecule has 1 saturated heterocycles. The maximum Gasteiger partial charge on any atom is 0.234 e. The van der Waals surface area contributed by atoms with E-state index in [0.29, 0.717) is 18.2 Å². The number of benzene rings is 2. The average Bonchev–Trinajstić information content (AvgIpc) is 2.67. The van der Waals surface area contributed by atoms with Gasteiger partial charge in [0.2, 0.25) is 5.91 Å². The molecule has 2 aromatic rings. The van der Waals surface area contributed by atoms with E-state index in [1.807, 2.05) is 43.3 Å². The highest BCUT2D eigenvalue weighted by Crippen LogP contribution is 2.33. The SMILES string of the molecule is CC(NC(=O)CNC1(c2cccc(Br)c2)CCOCC1)c1ccccc1Cl. The molecular formula is C21H24BrClN2O2. The highest BCUT2D eigenvalue weighted by Gasteiger charge is 2.34. The fourth-order valence-electron chi connectivity index (χ4n) is 3.52. The molecule has 144 valence electrons. The van der Waals surface area contributed by atoms with Gasteiger partial charge in [-0.15, -0.1) is 0 Å². The topological polar surface area (TPSA) is 50.4 Å². The molecular weight excluding hydrogens is 428 g/mol. The predicted octanol–water partition coefficient (Wildman–Crippen LogP) is 4.58. The summed E-state index contributed by atoms with van der Waals surface area (Å²) in [6.07, 6.45) is 1.66. The number of hydrogen-bond donors (Lipinski definition) is 2. The maximum absolute atomic E-state index is 12.6. The summed E-state index contributed by atoms with van der Waals surface area (Å²) in [5.41, 5.74) is 1.83. The molecule has 27 heavy (non-hydrogen) atoms. The van der Waals surface area contributed by atoms with Crippen molar-refractivity contribution in [3.05, 3.63) is 69.2 Å². The molecule has 0 aliphatic carbocycles. The quantitative estimate of drug-likeness (QED) is 0.676. The third-order valence-corrected chi connectivity index (χ3v) is 5.90. The minimum atomic E-state index is -0.257. The maximum atomic E-state index is 12.6. The molecule has 1 unspecified atom stereocenters. The highest BCUT2D eigenvalue weighted by atomic mass is 79.9. The van der Waals surface area contributed by atoms with E-state index in [4.69, 9.17) is 16.3 Å². The minimum Gasteiger partial charge on any atom is -0.381 e. The molecule has 1 aliphatic rings. The Bertz CT molecular complexity index is 793. The Morgan fingerprint density at radius 3 is 2.67 bits per heavy atom. The van der Waals surface area contributed by atoms with Gasteiger partial charge in [-0.3, -0.25) is 10.1 Å². The van der Waals surface area contributed by atoms with Crippen LogP contribution in [0.25, 0.3) is 0 Å². The van der Waals surface area contributed by atoms with Crippen LogP contribution in [0.4, 0.5) is 0 Å². The lowest BCUT2D eigenvalue weighted by molar-refractivity contribution is -0.121. The van der Waals surface area contributed by atoms with Gasteiger partial charge >= 0.3 is 0 Å². The van der Waals surface area contributed by atoms with Crippen LogP contribution in [0, 0.1) is 0 Å². The lowest BCUT2D eigenvalue weighted by Crippen LogP contribution is -2.50. The van der Waals surface area contributed by atoms with Gasteiger partial charge in [0.1, 0.15) is 0 Å². The second-order valence-electron chi connectivity index (χ2n) is 6.87. The van der Waals surface area contributed by atoms with E-state index < -0.39 is 0 Å². The standard InChI is InChI=1S/C21H24BrClN2O2/c1-15(18-7-2-3-8-19(18)23)25-20(26)14-24-21(9-11-27-12-10-21)16-5-4-6-17(22)13-16/h2-8,13,15,24H,9-12,14H2,1H3,(H,25,26). The molecule has 1 heterocycles. The van der Waals surface area contributed by atoms with Gasteiger partial charge in [-0.05, 0) is 49.1 Å². The first kappa shape index (κ1) is 20.3. The van der Waals surface area contributed by atoms with Gasteiger partial charge in [-0.25, -0.2) is 0 Å². The summed E-state index contributed by atoms with van der Waals surface area (Å²) >= 11 is 9.78. The Labute approximate surface area is 173 Å². The first-order chi connectivity index (χ1) is 13.0. The van der Waals surface area contributed by atoms with Crippen LogP contribution in [0.5, 0.6) is 0 Å². The molecule has 1 aliphatic heterocycles. The van der Waals surface area contributed by atoms with Crippen molar-refractivity contribution in [2.75, 3.05) is 19.8 Å². The van der Waals surface area contributed by atoms with Crippen LogP contribution < -0.4 is 10.6 Å². The summed E-state index contributed by atoms with van der Waals surface area (Å²) < 4.78 is 6.58. The fraction of sp³-hybridized carbons (Fsp3) is 0.381. The molecule has 3 rings (SSSR count). The van der Waals surface area contributed by atoms with Crippen molar-refractivity contribution >= 4 is 33.4 Å². The molecule has 1 fully saturated rings. The first-order valence-corrected chi connectivity index (χ1v) is 10.3. The van der Waals surface area contributed by atoms with Crippen molar-refractivity contribution in [3.8, 4) is 0 Å². The van der Waals surface area contributed by atoms with Gasteiger partial charge < -0.3 is 10.1 Å². The zero-order valence-electron chi connectivity index (χ0n) is 15.3. The van der Waals surface area contributed by atoms with Crippen LogP contribution in [0.3, 0.4) is 0 Å². The van der Waals surface area contributed by atoms with Gasteiger partial charge in [0.05, 0.1) is 12.6 Å². The van der Waals surface area contributed by atoms with E-state index >= 15 is 0 Å². The molecule has 2 N–H and O–H groups in total. The molecule has 1 atom stereocenters. The number of amides is 1. The lowest BCUT2D eigenvalue weighted by Gasteiger charge is -2.39. The molecule has 0 aromatic heterocycles. The molecule has 1 amide bonds. The summed E-state index contributed by atoms with van der Waals surface area (Å²) in [4.78, 5) is 12.6. The van der Waals surface area contributed by atoms with Crippen LogP contribution in [-0.2, 0) is 15.1 Å². The molecule has 0 spiro atoms. The molecule has 2 aromatic carbocycles. The summed E-state index contributed by atoms with van der Waals surface area (Å²) in [5, 5.41) is 7.19. The number of rotatable bonds is 6. The van der Waals surface area contributed by atoms with Crippen LogP contribution in [0.2, 0.25) is 5.02 Å². The van der Waals surface area contributed by atoms with Crippen LogP contribution in [-0.4, -0.2) is 25.7 Å². The molecule has 0 radical (unpaired) electrons. The number of hydrogen-bond acceptors (Lipinski definition) is 3. The van der Waals surface area contributed by atoms with Crippen molar-refractivity contribution in [1.82, 2.24) is 10.6 Å². The van der Waals surface area contributed by atoms with Crippen LogP contribution in [0.15, 0.2) is 53.0 Å². The Morgan fingerprint density at radius 2 is 1.96 bits per heavy atom. The summed E-state index contributed by atoms with van der Waals surface area (Å²) in [6, 6.07) is 15.7. The minimum absolute atomic E-state index is 0.0525. The summed E-state index contributed by atoms with van der Waals surface area (Å²) in [5.74, 6) is -0.0525. The zero-order valence-corrected chi connectivity index (χ0v) is 17.6. The number of carbonyl (C=O) groups is 1. The number of carbonyl (C=O) groups excluding carboxylic acids is 1. The van der Waals surface area contributed by atoms with Crippen molar-refractivity contribution in [3.63, 3.8) is 0 Å². The smallest absolute Gasteiger partial charge is 0.234 e. The Kier molecular flexibility index (Phi) is 6.93. The van der Waals surface area contributed by atoms with Crippen LogP contribution in [0.1, 0.15) is 36.9 Å². The van der Waals surface area contributed by atoms with Crippen molar-refractivity contribution in [2.45, 2.75) is 31.3 Å². The van der Waals surface area contributed by atoms with Crippen molar-refractivity contribution in [1.29, 1.82) is 0 Å². The van der Waals surface area contributed by atoms with Gasteiger partial charge in [-0.1, -0.05) is 57.9 Å². The monoisotopic (exact) mass is 450 g/mol. The summed E-state index contributed by atoms with van der Waals surface area (Å²) in [7, 11) is 0. The Morgan fingerprint density at radius 1 is 1.22 bits per heavy atom. The fourth-order valence-corrected chi connectivity index (χ4v) is 4.22. The number of ether oxygens (including phenoxy) is 1. The second kappa shape index (κ2) is 9.20.